The van der Waals surface area contributed by atoms with Gasteiger partial charge in [0.2, 0.25) is 11.8 Å². The molecule has 168 valence electrons. The van der Waals surface area contributed by atoms with E-state index in [1.807, 2.05) is 11.0 Å². The summed E-state index contributed by atoms with van der Waals surface area (Å²) >= 11 is 3.40. The first kappa shape index (κ1) is 22.1. The molecule has 0 atom stereocenters. The van der Waals surface area contributed by atoms with Crippen molar-refractivity contribution in [2.24, 2.45) is 5.92 Å². The predicted octanol–water partition coefficient (Wildman–Crippen LogP) is 3.21. The monoisotopic (exact) mass is 491 g/mol. The van der Waals surface area contributed by atoms with Crippen molar-refractivity contribution in [3.63, 3.8) is 0 Å². The molecule has 8 heteroatoms. The van der Waals surface area contributed by atoms with Gasteiger partial charge in [0.25, 0.3) is 5.91 Å². The SMILES string of the molecule is O=C(CCC1CCCCC1)N1CCN(C(=O)CN2C(=O)COc3cc(Br)ccc32)CC1. The van der Waals surface area contributed by atoms with Crippen LogP contribution in [0.25, 0.3) is 0 Å². The van der Waals surface area contributed by atoms with Crippen molar-refractivity contribution >= 4 is 39.3 Å². The van der Waals surface area contributed by atoms with Crippen LogP contribution >= 0.6 is 15.9 Å². The lowest BCUT2D eigenvalue weighted by Crippen LogP contribution is -2.53. The van der Waals surface area contributed by atoms with Crippen LogP contribution in [0.2, 0.25) is 0 Å². The van der Waals surface area contributed by atoms with Gasteiger partial charge in [-0.1, -0.05) is 48.0 Å². The summed E-state index contributed by atoms with van der Waals surface area (Å²) in [6.07, 6.45) is 8.06. The first-order valence-electron chi connectivity index (χ1n) is 11.3. The van der Waals surface area contributed by atoms with E-state index in [0.29, 0.717) is 50.0 Å². The number of hydrogen-bond acceptors (Lipinski definition) is 4. The van der Waals surface area contributed by atoms with Crippen LogP contribution in [-0.2, 0) is 14.4 Å². The minimum absolute atomic E-state index is 0.00749. The Morgan fingerprint density at radius 2 is 1.68 bits per heavy atom. The normalized spacial score (nSPS) is 19.8. The third-order valence-corrected chi connectivity index (χ3v) is 7.13. The smallest absolute Gasteiger partial charge is 0.265 e. The zero-order chi connectivity index (χ0) is 21.8. The number of carbonyl (C=O) groups is 3. The van der Waals surface area contributed by atoms with Crippen molar-refractivity contribution in [2.45, 2.75) is 44.9 Å². The fraction of sp³-hybridized carbons (Fsp3) is 0.609. The van der Waals surface area contributed by atoms with Gasteiger partial charge in [0.15, 0.2) is 6.61 Å². The van der Waals surface area contributed by atoms with Crippen LogP contribution in [-0.4, -0.2) is 66.9 Å². The zero-order valence-corrected chi connectivity index (χ0v) is 19.4. The number of rotatable bonds is 5. The highest BCUT2D eigenvalue weighted by Crippen LogP contribution is 2.34. The maximum absolute atomic E-state index is 12.9. The second-order valence-corrected chi connectivity index (χ2v) is 9.60. The molecular weight excluding hydrogens is 462 g/mol. The van der Waals surface area contributed by atoms with Crippen molar-refractivity contribution in [3.05, 3.63) is 22.7 Å². The fourth-order valence-corrected chi connectivity index (χ4v) is 5.09. The molecule has 31 heavy (non-hydrogen) atoms. The van der Waals surface area contributed by atoms with E-state index in [9.17, 15) is 14.4 Å². The predicted molar refractivity (Wildman–Crippen MR) is 121 cm³/mol. The van der Waals surface area contributed by atoms with Gasteiger partial charge >= 0.3 is 0 Å². The molecule has 0 spiro atoms. The number of benzene rings is 1. The summed E-state index contributed by atoms with van der Waals surface area (Å²) in [6, 6.07) is 5.42. The minimum Gasteiger partial charge on any atom is -0.482 e. The largest absolute Gasteiger partial charge is 0.482 e. The number of piperazine rings is 1. The van der Waals surface area contributed by atoms with Gasteiger partial charge in [-0.25, -0.2) is 0 Å². The summed E-state index contributed by atoms with van der Waals surface area (Å²) < 4.78 is 6.35. The molecule has 0 bridgehead atoms. The third kappa shape index (κ3) is 5.40. The van der Waals surface area contributed by atoms with Gasteiger partial charge in [0.1, 0.15) is 12.3 Å². The van der Waals surface area contributed by atoms with Gasteiger partial charge in [-0.05, 0) is 30.5 Å². The highest BCUT2D eigenvalue weighted by Gasteiger charge is 2.31. The van der Waals surface area contributed by atoms with E-state index in [4.69, 9.17) is 4.74 Å². The van der Waals surface area contributed by atoms with Crippen LogP contribution in [0, 0.1) is 5.92 Å². The van der Waals surface area contributed by atoms with Crippen LogP contribution < -0.4 is 9.64 Å². The Labute approximate surface area is 191 Å². The van der Waals surface area contributed by atoms with Crippen molar-refractivity contribution in [3.8, 4) is 5.75 Å². The van der Waals surface area contributed by atoms with Gasteiger partial charge in [-0.15, -0.1) is 0 Å². The highest BCUT2D eigenvalue weighted by molar-refractivity contribution is 9.10. The maximum atomic E-state index is 12.9. The molecule has 1 aromatic rings. The lowest BCUT2D eigenvalue weighted by Gasteiger charge is -2.37. The average Bonchev–Trinajstić information content (AvgIpc) is 2.80. The standard InChI is InChI=1S/C23H30BrN3O4/c24-18-7-8-19-20(14-18)31-16-23(30)27(19)15-22(29)26-12-10-25(11-13-26)21(28)9-6-17-4-2-1-3-5-17/h7-8,14,17H,1-6,9-13,15-16H2. The molecule has 0 N–H and O–H groups in total. The number of halogens is 1. The van der Waals surface area contributed by atoms with Gasteiger partial charge in [-0.3, -0.25) is 19.3 Å². The first-order valence-corrected chi connectivity index (χ1v) is 12.1. The molecule has 1 aliphatic carbocycles. The Morgan fingerprint density at radius 3 is 2.39 bits per heavy atom. The Bertz CT molecular complexity index is 832. The quantitative estimate of drug-likeness (QED) is 0.633. The lowest BCUT2D eigenvalue weighted by molar-refractivity contribution is -0.139. The number of ether oxygens (including phenoxy) is 1. The first-order chi connectivity index (χ1) is 15.0. The molecule has 2 heterocycles. The summed E-state index contributed by atoms with van der Waals surface area (Å²) in [5.74, 6) is 1.18. The molecule has 1 aromatic carbocycles. The molecule has 2 fully saturated rings. The maximum Gasteiger partial charge on any atom is 0.265 e. The van der Waals surface area contributed by atoms with Gasteiger partial charge in [0.05, 0.1) is 5.69 Å². The Hall–Kier alpha value is -2.09. The summed E-state index contributed by atoms with van der Waals surface area (Å²) in [4.78, 5) is 43.0. The van der Waals surface area contributed by atoms with Crippen LogP contribution in [0.5, 0.6) is 5.75 Å². The summed E-state index contributed by atoms with van der Waals surface area (Å²) in [5, 5.41) is 0. The molecule has 4 rings (SSSR count). The van der Waals surface area contributed by atoms with E-state index in [0.717, 1.165) is 10.9 Å². The summed E-state index contributed by atoms with van der Waals surface area (Å²) in [5.41, 5.74) is 0.615. The number of amides is 3. The number of fused-ring (bicyclic) bond motifs is 1. The molecule has 0 unspecified atom stereocenters. The molecule has 0 aromatic heterocycles. The van der Waals surface area contributed by atoms with Crippen molar-refractivity contribution in [2.75, 3.05) is 44.2 Å². The van der Waals surface area contributed by atoms with Crippen LogP contribution in [0.15, 0.2) is 22.7 Å². The van der Waals surface area contributed by atoms with E-state index in [-0.39, 0.29) is 30.9 Å². The topological polar surface area (TPSA) is 70.2 Å². The Kier molecular flexibility index (Phi) is 7.15. The van der Waals surface area contributed by atoms with E-state index >= 15 is 0 Å². The van der Waals surface area contributed by atoms with Crippen LogP contribution in [0.3, 0.4) is 0 Å². The summed E-state index contributed by atoms with van der Waals surface area (Å²) in [6.45, 7) is 2.08. The average molecular weight is 492 g/mol. The molecule has 2 aliphatic heterocycles. The van der Waals surface area contributed by atoms with Crippen LogP contribution in [0.1, 0.15) is 44.9 Å². The minimum atomic E-state index is -0.223. The Morgan fingerprint density at radius 1 is 1.00 bits per heavy atom. The number of carbonyl (C=O) groups excluding carboxylic acids is 3. The van der Waals surface area contributed by atoms with Gasteiger partial charge < -0.3 is 14.5 Å². The molecule has 3 amide bonds. The van der Waals surface area contributed by atoms with Crippen molar-refractivity contribution < 1.29 is 19.1 Å². The Balaban J connectivity index is 1.27. The number of nitrogens with zero attached hydrogens (tertiary/aromatic N) is 3. The molecule has 0 radical (unpaired) electrons. The molecule has 7 nitrogen and oxygen atoms in total. The molecular formula is C23H30BrN3O4. The van der Waals surface area contributed by atoms with E-state index < -0.39 is 0 Å². The molecule has 1 saturated carbocycles. The van der Waals surface area contributed by atoms with Gasteiger partial charge in [0, 0.05) is 37.1 Å². The van der Waals surface area contributed by atoms with E-state index in [2.05, 4.69) is 15.9 Å². The van der Waals surface area contributed by atoms with Crippen molar-refractivity contribution in [1.29, 1.82) is 0 Å². The lowest BCUT2D eigenvalue weighted by atomic mass is 9.86. The molecule has 3 aliphatic rings. The van der Waals surface area contributed by atoms with E-state index in [1.54, 1.807) is 17.0 Å². The highest BCUT2D eigenvalue weighted by atomic mass is 79.9. The second kappa shape index (κ2) is 10.0. The third-order valence-electron chi connectivity index (χ3n) is 6.63. The van der Waals surface area contributed by atoms with Gasteiger partial charge in [-0.2, -0.15) is 0 Å². The van der Waals surface area contributed by atoms with E-state index in [1.165, 1.54) is 37.0 Å². The summed E-state index contributed by atoms with van der Waals surface area (Å²) in [7, 11) is 0. The number of hydrogen-bond donors (Lipinski definition) is 0. The van der Waals surface area contributed by atoms with Crippen molar-refractivity contribution in [1.82, 2.24) is 9.80 Å². The second-order valence-electron chi connectivity index (χ2n) is 8.68. The zero-order valence-electron chi connectivity index (χ0n) is 17.9. The fourth-order valence-electron chi connectivity index (χ4n) is 4.75. The molecule has 1 saturated heterocycles. The number of anilines is 1. The van der Waals surface area contributed by atoms with Crippen LogP contribution in [0.4, 0.5) is 5.69 Å².